The monoisotopic (exact) mass is 344 g/mol. The smallest absolute Gasteiger partial charge is 0.224 e. The van der Waals surface area contributed by atoms with Crippen molar-refractivity contribution in [3.63, 3.8) is 0 Å². The highest BCUT2D eigenvalue weighted by atomic mass is 19.1. The van der Waals surface area contributed by atoms with E-state index in [-0.39, 0.29) is 24.2 Å². The Morgan fingerprint density at radius 1 is 1.28 bits per heavy atom. The molecule has 1 aliphatic heterocycles. The summed E-state index contributed by atoms with van der Waals surface area (Å²) >= 11 is 0. The molecule has 1 saturated heterocycles. The van der Waals surface area contributed by atoms with E-state index in [0.29, 0.717) is 6.54 Å². The fourth-order valence-corrected chi connectivity index (χ4v) is 3.29. The summed E-state index contributed by atoms with van der Waals surface area (Å²) in [5.41, 5.74) is 0.806. The number of likely N-dealkylation sites (tertiary alicyclic amines) is 1. The van der Waals surface area contributed by atoms with Gasteiger partial charge in [-0.25, -0.2) is 4.39 Å². The summed E-state index contributed by atoms with van der Waals surface area (Å²) in [6.45, 7) is 4.83. The van der Waals surface area contributed by atoms with Crippen molar-refractivity contribution >= 4 is 5.91 Å². The van der Waals surface area contributed by atoms with Crippen molar-refractivity contribution in [2.45, 2.75) is 32.2 Å². The fourth-order valence-electron chi connectivity index (χ4n) is 3.29. The minimum atomic E-state index is -0.290. The molecule has 1 aliphatic rings. The molecule has 3 rings (SSSR count). The number of nitrogens with zero attached hydrogens (tertiary/aromatic N) is 1. The van der Waals surface area contributed by atoms with E-state index in [0.717, 1.165) is 30.3 Å². The van der Waals surface area contributed by atoms with E-state index in [1.165, 1.54) is 25.0 Å². The summed E-state index contributed by atoms with van der Waals surface area (Å²) in [7, 11) is 0. The number of piperidine rings is 1. The number of carbonyl (C=O) groups is 1. The summed E-state index contributed by atoms with van der Waals surface area (Å²) < 4.78 is 18.6. The van der Waals surface area contributed by atoms with Crippen LogP contribution in [0.25, 0.3) is 0 Å². The molecule has 5 heteroatoms. The third kappa shape index (κ3) is 4.92. The third-order valence-electron chi connectivity index (χ3n) is 4.90. The van der Waals surface area contributed by atoms with Crippen LogP contribution < -0.4 is 5.32 Å². The van der Waals surface area contributed by atoms with E-state index >= 15 is 0 Å². The van der Waals surface area contributed by atoms with Gasteiger partial charge in [0.2, 0.25) is 5.91 Å². The molecule has 2 heterocycles. The Morgan fingerprint density at radius 2 is 2.00 bits per heavy atom. The van der Waals surface area contributed by atoms with Crippen LogP contribution in [0.4, 0.5) is 4.39 Å². The molecular formula is C20H25FN2O2. The van der Waals surface area contributed by atoms with Gasteiger partial charge in [0.25, 0.3) is 0 Å². The first-order valence-corrected chi connectivity index (χ1v) is 8.90. The second-order valence-electron chi connectivity index (χ2n) is 6.86. The Balaban J connectivity index is 1.58. The summed E-state index contributed by atoms with van der Waals surface area (Å²) in [5, 5.41) is 3.01. The van der Waals surface area contributed by atoms with Gasteiger partial charge in [0.1, 0.15) is 11.6 Å². The van der Waals surface area contributed by atoms with Crippen LogP contribution in [-0.2, 0) is 11.2 Å². The van der Waals surface area contributed by atoms with E-state index < -0.39 is 0 Å². The van der Waals surface area contributed by atoms with Crippen LogP contribution in [0.5, 0.6) is 0 Å². The van der Waals surface area contributed by atoms with Crippen molar-refractivity contribution in [2.24, 2.45) is 5.92 Å². The minimum Gasteiger partial charge on any atom is -0.468 e. The van der Waals surface area contributed by atoms with Gasteiger partial charge in [-0.2, -0.15) is 0 Å². The normalized spacial score (nSPS) is 17.4. The van der Waals surface area contributed by atoms with E-state index in [2.05, 4.69) is 17.1 Å². The zero-order chi connectivity index (χ0) is 17.6. The number of carbonyl (C=O) groups excluding carboxylic acids is 1. The summed E-state index contributed by atoms with van der Waals surface area (Å²) in [6.07, 6.45) is 4.26. The highest BCUT2D eigenvalue weighted by molar-refractivity contribution is 5.78. The van der Waals surface area contributed by atoms with Crippen molar-refractivity contribution in [1.29, 1.82) is 0 Å². The zero-order valence-corrected chi connectivity index (χ0v) is 14.6. The van der Waals surface area contributed by atoms with Gasteiger partial charge in [-0.1, -0.05) is 19.1 Å². The molecule has 134 valence electrons. The standard InChI is InChI=1S/C20H25FN2O2/c1-15-8-10-23(11-9-15)18(19-3-2-12-25-19)14-22-20(24)13-16-4-6-17(21)7-5-16/h2-7,12,15,18H,8-11,13-14H2,1H3,(H,22,24). The average Bonchev–Trinajstić information content (AvgIpc) is 3.13. The molecule has 25 heavy (non-hydrogen) atoms. The average molecular weight is 344 g/mol. The lowest BCUT2D eigenvalue weighted by Crippen LogP contribution is -2.42. The third-order valence-corrected chi connectivity index (χ3v) is 4.90. The van der Waals surface area contributed by atoms with Crippen molar-refractivity contribution < 1.29 is 13.6 Å². The largest absolute Gasteiger partial charge is 0.468 e. The quantitative estimate of drug-likeness (QED) is 0.872. The van der Waals surface area contributed by atoms with E-state index in [1.54, 1.807) is 18.4 Å². The number of nitrogens with one attached hydrogen (secondary N) is 1. The second-order valence-corrected chi connectivity index (χ2v) is 6.86. The lowest BCUT2D eigenvalue weighted by atomic mass is 9.97. The first-order chi connectivity index (χ1) is 12.1. The topological polar surface area (TPSA) is 45.5 Å². The number of halogens is 1. The molecule has 1 unspecified atom stereocenters. The van der Waals surface area contributed by atoms with Gasteiger partial charge in [0, 0.05) is 6.54 Å². The maximum absolute atomic E-state index is 13.0. The van der Waals surface area contributed by atoms with Crippen molar-refractivity contribution in [2.75, 3.05) is 19.6 Å². The molecule has 1 N–H and O–H groups in total. The predicted octanol–water partition coefficient (Wildman–Crippen LogP) is 3.55. The number of rotatable bonds is 6. The molecule has 4 nitrogen and oxygen atoms in total. The molecule has 1 amide bonds. The van der Waals surface area contributed by atoms with Crippen LogP contribution in [0, 0.1) is 11.7 Å². The number of amides is 1. The summed E-state index contributed by atoms with van der Waals surface area (Å²) in [4.78, 5) is 14.6. The Labute approximate surface area is 148 Å². The van der Waals surface area contributed by atoms with Gasteiger partial charge < -0.3 is 9.73 Å². The lowest BCUT2D eigenvalue weighted by Gasteiger charge is -2.35. The zero-order valence-electron chi connectivity index (χ0n) is 14.6. The van der Waals surface area contributed by atoms with Crippen LogP contribution >= 0.6 is 0 Å². The Bertz CT molecular complexity index is 662. The van der Waals surface area contributed by atoms with E-state index in [9.17, 15) is 9.18 Å². The van der Waals surface area contributed by atoms with Gasteiger partial charge in [-0.3, -0.25) is 9.69 Å². The first-order valence-electron chi connectivity index (χ1n) is 8.90. The molecule has 2 aromatic rings. The molecule has 1 atom stereocenters. The maximum Gasteiger partial charge on any atom is 0.224 e. The molecule has 0 saturated carbocycles. The van der Waals surface area contributed by atoms with Crippen LogP contribution in [0.2, 0.25) is 0 Å². The molecule has 0 aliphatic carbocycles. The van der Waals surface area contributed by atoms with Gasteiger partial charge in [-0.15, -0.1) is 0 Å². The van der Waals surface area contributed by atoms with Gasteiger partial charge in [0.05, 0.1) is 18.7 Å². The maximum atomic E-state index is 13.0. The van der Waals surface area contributed by atoms with E-state index in [4.69, 9.17) is 4.42 Å². The van der Waals surface area contributed by atoms with Crippen LogP contribution in [0.3, 0.4) is 0 Å². The summed E-state index contributed by atoms with van der Waals surface area (Å²) in [5.74, 6) is 1.29. The SMILES string of the molecule is CC1CCN(C(CNC(=O)Cc2ccc(F)cc2)c2ccco2)CC1. The minimum absolute atomic E-state index is 0.0552. The molecule has 1 aromatic heterocycles. The van der Waals surface area contributed by atoms with Crippen LogP contribution in [0.15, 0.2) is 47.1 Å². The molecule has 0 bridgehead atoms. The highest BCUT2D eigenvalue weighted by Gasteiger charge is 2.26. The summed E-state index contributed by atoms with van der Waals surface area (Å²) in [6, 6.07) is 9.95. The molecular weight excluding hydrogens is 319 g/mol. The van der Waals surface area contributed by atoms with Crippen LogP contribution in [-0.4, -0.2) is 30.4 Å². The van der Waals surface area contributed by atoms with Crippen molar-refractivity contribution in [3.8, 4) is 0 Å². The number of hydrogen-bond acceptors (Lipinski definition) is 3. The number of hydrogen-bond donors (Lipinski definition) is 1. The predicted molar refractivity (Wildman–Crippen MR) is 94.5 cm³/mol. The Hall–Kier alpha value is -2.14. The lowest BCUT2D eigenvalue weighted by molar-refractivity contribution is -0.120. The van der Waals surface area contributed by atoms with Gasteiger partial charge in [-0.05, 0) is 61.7 Å². The van der Waals surface area contributed by atoms with Crippen LogP contribution in [0.1, 0.15) is 37.1 Å². The number of furan rings is 1. The first kappa shape index (κ1) is 17.7. The van der Waals surface area contributed by atoms with Gasteiger partial charge >= 0.3 is 0 Å². The van der Waals surface area contributed by atoms with Crippen molar-refractivity contribution in [1.82, 2.24) is 10.2 Å². The molecule has 0 spiro atoms. The van der Waals surface area contributed by atoms with Gasteiger partial charge in [0.15, 0.2) is 0 Å². The molecule has 1 aromatic carbocycles. The molecule has 0 radical (unpaired) electrons. The highest BCUT2D eigenvalue weighted by Crippen LogP contribution is 2.26. The fraction of sp³-hybridized carbons (Fsp3) is 0.450. The molecule has 1 fully saturated rings. The van der Waals surface area contributed by atoms with E-state index in [1.807, 2.05) is 12.1 Å². The Morgan fingerprint density at radius 3 is 2.64 bits per heavy atom. The second kappa shape index (κ2) is 8.30. The Kier molecular flexibility index (Phi) is 5.87. The number of benzene rings is 1. The van der Waals surface area contributed by atoms with Crippen molar-refractivity contribution in [3.05, 3.63) is 59.8 Å².